The van der Waals surface area contributed by atoms with Gasteiger partial charge in [0.05, 0.1) is 0 Å². The Morgan fingerprint density at radius 2 is 1.61 bits per heavy atom. The first-order chi connectivity index (χ1) is 8.48. The van der Waals surface area contributed by atoms with Crippen LogP contribution in [0.3, 0.4) is 0 Å². The minimum absolute atomic E-state index is 0.328. The second-order valence-corrected chi connectivity index (χ2v) is 3.79. The van der Waals surface area contributed by atoms with Gasteiger partial charge in [-0.15, -0.1) is 0 Å². The quantitative estimate of drug-likeness (QED) is 0.891. The third kappa shape index (κ3) is 2.68. The first-order valence-electron chi connectivity index (χ1n) is 5.24. The van der Waals surface area contributed by atoms with Crippen LogP contribution in [0, 0.1) is 0 Å². The minimum Gasteiger partial charge on any atom is -0.384 e. The molecule has 0 amide bonds. The Morgan fingerprint density at radius 1 is 0.944 bits per heavy atom. The molecule has 0 aliphatic rings. The number of halogens is 3. The average Bonchev–Trinajstić information content (AvgIpc) is 2.38. The Morgan fingerprint density at radius 3 is 2.11 bits per heavy atom. The van der Waals surface area contributed by atoms with E-state index in [9.17, 15) is 18.3 Å². The third-order valence-electron chi connectivity index (χ3n) is 2.51. The molecular formula is C13H10F3NO. The van der Waals surface area contributed by atoms with E-state index in [2.05, 4.69) is 4.98 Å². The van der Waals surface area contributed by atoms with Crippen molar-refractivity contribution in [2.24, 2.45) is 0 Å². The van der Waals surface area contributed by atoms with Gasteiger partial charge in [0.1, 0.15) is 11.8 Å². The number of hydrogen-bond acceptors (Lipinski definition) is 2. The van der Waals surface area contributed by atoms with Crippen LogP contribution in [0.2, 0.25) is 0 Å². The van der Waals surface area contributed by atoms with E-state index in [-0.39, 0.29) is 0 Å². The summed E-state index contributed by atoms with van der Waals surface area (Å²) < 4.78 is 37.0. The normalized spacial score (nSPS) is 13.3. The molecule has 0 spiro atoms. The molecule has 1 N–H and O–H groups in total. The minimum atomic E-state index is -4.46. The van der Waals surface area contributed by atoms with Crippen molar-refractivity contribution in [1.82, 2.24) is 4.98 Å². The van der Waals surface area contributed by atoms with Gasteiger partial charge in [-0.1, -0.05) is 36.4 Å². The zero-order valence-corrected chi connectivity index (χ0v) is 9.22. The predicted octanol–water partition coefficient (Wildman–Crippen LogP) is 3.18. The van der Waals surface area contributed by atoms with Gasteiger partial charge in [0.15, 0.2) is 0 Å². The van der Waals surface area contributed by atoms with E-state index in [1.165, 1.54) is 6.07 Å². The maximum atomic E-state index is 12.3. The fraction of sp³-hybridized carbons (Fsp3) is 0.154. The fourth-order valence-electron chi connectivity index (χ4n) is 1.56. The van der Waals surface area contributed by atoms with Gasteiger partial charge < -0.3 is 5.11 Å². The number of nitrogens with zero attached hydrogens (tertiary/aromatic N) is 1. The van der Waals surface area contributed by atoms with Crippen LogP contribution in [0.15, 0.2) is 48.7 Å². The Bertz CT molecular complexity index is 508. The number of rotatable bonds is 2. The number of aliphatic hydroxyl groups excluding tert-OH is 1. The lowest BCUT2D eigenvalue weighted by molar-refractivity contribution is -0.141. The van der Waals surface area contributed by atoms with Gasteiger partial charge in [-0.05, 0) is 11.6 Å². The number of benzene rings is 1. The molecule has 5 heteroatoms. The molecule has 18 heavy (non-hydrogen) atoms. The fourth-order valence-corrected chi connectivity index (χ4v) is 1.56. The zero-order valence-electron chi connectivity index (χ0n) is 9.22. The van der Waals surface area contributed by atoms with Crippen LogP contribution in [0.5, 0.6) is 0 Å². The standard InChI is InChI=1S/C13H10F3NO/c14-13(15,16)11-7-6-10(8-17-11)12(18)9-4-2-1-3-5-9/h1-8,12,18H. The summed E-state index contributed by atoms with van der Waals surface area (Å²) in [4.78, 5) is 3.31. The average molecular weight is 253 g/mol. The van der Waals surface area contributed by atoms with Crippen molar-refractivity contribution in [2.45, 2.75) is 12.3 Å². The molecule has 0 fully saturated rings. The van der Waals surface area contributed by atoms with Gasteiger partial charge >= 0.3 is 6.18 Å². The number of pyridine rings is 1. The van der Waals surface area contributed by atoms with Crippen LogP contribution < -0.4 is 0 Å². The summed E-state index contributed by atoms with van der Waals surface area (Å²) in [5, 5.41) is 9.96. The molecule has 2 aromatic rings. The molecule has 0 aliphatic carbocycles. The molecule has 0 radical (unpaired) electrons. The lowest BCUT2D eigenvalue weighted by atomic mass is 10.0. The van der Waals surface area contributed by atoms with Crippen molar-refractivity contribution in [3.8, 4) is 0 Å². The van der Waals surface area contributed by atoms with Crippen molar-refractivity contribution in [3.05, 3.63) is 65.5 Å². The largest absolute Gasteiger partial charge is 0.433 e. The topological polar surface area (TPSA) is 33.1 Å². The van der Waals surface area contributed by atoms with Gasteiger partial charge in [-0.2, -0.15) is 13.2 Å². The zero-order chi connectivity index (χ0) is 13.2. The van der Waals surface area contributed by atoms with Crippen molar-refractivity contribution in [2.75, 3.05) is 0 Å². The summed E-state index contributed by atoms with van der Waals surface area (Å²) in [6, 6.07) is 10.8. The summed E-state index contributed by atoms with van der Waals surface area (Å²) in [6.45, 7) is 0. The summed E-state index contributed by atoms with van der Waals surface area (Å²) in [6.07, 6.45) is -4.39. The van der Waals surface area contributed by atoms with Crippen molar-refractivity contribution in [3.63, 3.8) is 0 Å². The maximum Gasteiger partial charge on any atom is 0.433 e. The highest BCUT2D eigenvalue weighted by molar-refractivity contribution is 5.28. The van der Waals surface area contributed by atoms with E-state index in [0.717, 1.165) is 12.3 Å². The van der Waals surface area contributed by atoms with Crippen molar-refractivity contribution < 1.29 is 18.3 Å². The molecule has 2 rings (SSSR count). The van der Waals surface area contributed by atoms with Gasteiger partial charge in [0.25, 0.3) is 0 Å². The smallest absolute Gasteiger partial charge is 0.384 e. The Balaban J connectivity index is 2.25. The SMILES string of the molecule is OC(c1ccccc1)c1ccc(C(F)(F)F)nc1. The molecule has 0 aliphatic heterocycles. The second-order valence-electron chi connectivity index (χ2n) is 3.79. The van der Waals surface area contributed by atoms with Gasteiger partial charge in [0.2, 0.25) is 0 Å². The number of aromatic nitrogens is 1. The molecule has 1 heterocycles. The Hall–Kier alpha value is -1.88. The van der Waals surface area contributed by atoms with E-state index in [1.54, 1.807) is 30.3 Å². The van der Waals surface area contributed by atoms with Crippen LogP contribution in [0.1, 0.15) is 22.9 Å². The summed E-state index contributed by atoms with van der Waals surface area (Å²) in [5.41, 5.74) is -0.0280. The molecule has 0 saturated carbocycles. The van der Waals surface area contributed by atoms with Gasteiger partial charge in [-0.25, -0.2) is 0 Å². The molecule has 1 aromatic heterocycles. The summed E-state index contributed by atoms with van der Waals surface area (Å²) in [7, 11) is 0. The first kappa shape index (κ1) is 12.6. The molecule has 2 nitrogen and oxygen atoms in total. The van der Waals surface area contributed by atoms with Crippen LogP contribution in [0.25, 0.3) is 0 Å². The lowest BCUT2D eigenvalue weighted by Crippen LogP contribution is -2.09. The monoisotopic (exact) mass is 253 g/mol. The number of hydrogen-bond donors (Lipinski definition) is 1. The maximum absolute atomic E-state index is 12.3. The summed E-state index contributed by atoms with van der Waals surface area (Å²) in [5.74, 6) is 0. The van der Waals surface area contributed by atoms with E-state index in [1.807, 2.05) is 0 Å². The van der Waals surface area contributed by atoms with E-state index < -0.39 is 18.0 Å². The van der Waals surface area contributed by atoms with Crippen molar-refractivity contribution >= 4 is 0 Å². The van der Waals surface area contributed by atoms with Crippen LogP contribution >= 0.6 is 0 Å². The van der Waals surface area contributed by atoms with Gasteiger partial charge in [0, 0.05) is 11.8 Å². The molecule has 0 bridgehead atoms. The lowest BCUT2D eigenvalue weighted by Gasteiger charge is -2.12. The highest BCUT2D eigenvalue weighted by Crippen LogP contribution is 2.28. The van der Waals surface area contributed by atoms with Gasteiger partial charge in [-0.3, -0.25) is 4.98 Å². The van der Waals surface area contributed by atoms with E-state index >= 15 is 0 Å². The van der Waals surface area contributed by atoms with Crippen LogP contribution in [-0.4, -0.2) is 10.1 Å². The van der Waals surface area contributed by atoms with E-state index in [0.29, 0.717) is 11.1 Å². The predicted molar refractivity (Wildman–Crippen MR) is 59.7 cm³/mol. The molecule has 0 saturated heterocycles. The molecule has 1 aromatic carbocycles. The second kappa shape index (κ2) is 4.78. The van der Waals surface area contributed by atoms with E-state index in [4.69, 9.17) is 0 Å². The molecule has 1 unspecified atom stereocenters. The van der Waals surface area contributed by atoms with Crippen molar-refractivity contribution in [1.29, 1.82) is 0 Å². The first-order valence-corrected chi connectivity index (χ1v) is 5.24. The molecule has 94 valence electrons. The molecule has 1 atom stereocenters. The molecular weight excluding hydrogens is 243 g/mol. The van der Waals surface area contributed by atoms with Crippen LogP contribution in [0.4, 0.5) is 13.2 Å². The summed E-state index contributed by atoms with van der Waals surface area (Å²) >= 11 is 0. The highest BCUT2D eigenvalue weighted by atomic mass is 19.4. The number of aliphatic hydroxyl groups is 1. The Labute approximate surface area is 102 Å². The third-order valence-corrected chi connectivity index (χ3v) is 2.51. The highest BCUT2D eigenvalue weighted by Gasteiger charge is 2.32. The Kier molecular flexibility index (Phi) is 3.34. The van der Waals surface area contributed by atoms with Crippen LogP contribution in [-0.2, 0) is 6.18 Å². The number of alkyl halides is 3.